The Morgan fingerprint density at radius 1 is 1.48 bits per heavy atom. The number of carbonyl (C=O) groups is 1. The van der Waals surface area contributed by atoms with Crippen molar-refractivity contribution < 1.29 is 27.5 Å². The standard InChI is InChI=1S/C11H11BrF4N2O2S/c12-8-7(21-5-17-8)10(20)1-3-18(4-2-10)9(19)6(13)11(14,15)16/h5-6,20H,1-4H2. The first-order chi connectivity index (χ1) is 9.65. The van der Waals surface area contributed by atoms with E-state index in [-0.39, 0.29) is 25.9 Å². The fourth-order valence-corrected chi connectivity index (χ4v) is 3.88. The molecule has 1 aromatic heterocycles. The summed E-state index contributed by atoms with van der Waals surface area (Å²) < 4.78 is 50.1. The van der Waals surface area contributed by atoms with E-state index in [9.17, 15) is 27.5 Å². The van der Waals surface area contributed by atoms with Crippen molar-refractivity contribution in [1.82, 2.24) is 9.88 Å². The third-order valence-corrected chi connectivity index (χ3v) is 5.24. The average Bonchev–Trinajstić information content (AvgIpc) is 2.84. The Morgan fingerprint density at radius 2 is 2.05 bits per heavy atom. The molecule has 1 aromatic rings. The molecule has 1 aliphatic heterocycles. The predicted molar refractivity (Wildman–Crippen MR) is 70.5 cm³/mol. The van der Waals surface area contributed by atoms with Crippen LogP contribution in [0.5, 0.6) is 0 Å². The number of halogens is 5. The van der Waals surface area contributed by atoms with Gasteiger partial charge in [0, 0.05) is 13.1 Å². The van der Waals surface area contributed by atoms with Gasteiger partial charge in [0.25, 0.3) is 12.1 Å². The molecule has 0 saturated carbocycles. The van der Waals surface area contributed by atoms with Crippen LogP contribution in [0.15, 0.2) is 10.1 Å². The van der Waals surface area contributed by atoms with Crippen molar-refractivity contribution >= 4 is 33.2 Å². The van der Waals surface area contributed by atoms with Crippen LogP contribution in [-0.4, -0.2) is 46.3 Å². The first-order valence-corrected chi connectivity index (χ1v) is 7.64. The maximum absolute atomic E-state index is 13.0. The third-order valence-electron chi connectivity index (χ3n) is 3.35. The molecule has 4 nitrogen and oxygen atoms in total. The number of likely N-dealkylation sites (tertiary alicyclic amines) is 1. The van der Waals surface area contributed by atoms with E-state index >= 15 is 0 Å². The number of nitrogens with zero attached hydrogens (tertiary/aromatic N) is 2. The van der Waals surface area contributed by atoms with Crippen LogP contribution in [0.25, 0.3) is 0 Å². The molecule has 2 heterocycles. The Bertz CT molecular complexity index is 529. The predicted octanol–water partition coefficient (Wildman–Crippen LogP) is 2.62. The minimum atomic E-state index is -5.20. The lowest BCUT2D eigenvalue weighted by Gasteiger charge is -2.38. The SMILES string of the molecule is O=C(C(F)C(F)(F)F)N1CCC(O)(c2scnc2Br)CC1. The van der Waals surface area contributed by atoms with E-state index in [1.807, 2.05) is 0 Å². The molecular weight excluding hydrogens is 380 g/mol. The number of hydrogen-bond acceptors (Lipinski definition) is 4. The highest BCUT2D eigenvalue weighted by molar-refractivity contribution is 9.10. The van der Waals surface area contributed by atoms with E-state index < -0.39 is 23.9 Å². The molecule has 21 heavy (non-hydrogen) atoms. The van der Waals surface area contributed by atoms with Gasteiger partial charge in [0.05, 0.1) is 10.4 Å². The van der Waals surface area contributed by atoms with Gasteiger partial charge >= 0.3 is 6.18 Å². The summed E-state index contributed by atoms with van der Waals surface area (Å²) in [6, 6.07) is 0. The van der Waals surface area contributed by atoms with Crippen molar-refractivity contribution in [2.45, 2.75) is 30.8 Å². The summed E-state index contributed by atoms with van der Waals surface area (Å²) in [4.78, 5) is 16.7. The highest BCUT2D eigenvalue weighted by Crippen LogP contribution is 2.39. The van der Waals surface area contributed by atoms with E-state index in [2.05, 4.69) is 20.9 Å². The Kier molecular flexibility index (Phi) is 4.60. The minimum Gasteiger partial charge on any atom is -0.384 e. The van der Waals surface area contributed by atoms with Gasteiger partial charge in [-0.15, -0.1) is 11.3 Å². The second-order valence-electron chi connectivity index (χ2n) is 4.73. The maximum Gasteiger partial charge on any atom is 0.428 e. The summed E-state index contributed by atoms with van der Waals surface area (Å²) in [7, 11) is 0. The largest absolute Gasteiger partial charge is 0.428 e. The van der Waals surface area contributed by atoms with E-state index in [1.165, 1.54) is 16.8 Å². The molecule has 0 aliphatic carbocycles. The normalized spacial score (nSPS) is 20.4. The number of aliphatic hydroxyl groups is 1. The van der Waals surface area contributed by atoms with Gasteiger partial charge in [0.15, 0.2) is 0 Å². The smallest absolute Gasteiger partial charge is 0.384 e. The fraction of sp³-hybridized carbons (Fsp3) is 0.636. The van der Waals surface area contributed by atoms with Gasteiger partial charge in [0.1, 0.15) is 10.2 Å². The molecule has 1 fully saturated rings. The number of hydrogen-bond donors (Lipinski definition) is 1. The zero-order valence-electron chi connectivity index (χ0n) is 10.5. The monoisotopic (exact) mass is 390 g/mol. The van der Waals surface area contributed by atoms with Crippen LogP contribution in [0.4, 0.5) is 17.6 Å². The van der Waals surface area contributed by atoms with Crippen molar-refractivity contribution in [3.8, 4) is 0 Å². The van der Waals surface area contributed by atoms with Crippen LogP contribution in [0.3, 0.4) is 0 Å². The van der Waals surface area contributed by atoms with Crippen molar-refractivity contribution in [2.75, 3.05) is 13.1 Å². The van der Waals surface area contributed by atoms with Crippen LogP contribution in [0.1, 0.15) is 17.7 Å². The lowest BCUT2D eigenvalue weighted by Crippen LogP contribution is -2.50. The molecule has 1 atom stereocenters. The zero-order valence-corrected chi connectivity index (χ0v) is 12.9. The molecule has 118 valence electrons. The molecule has 1 amide bonds. The Labute approximate surface area is 129 Å². The molecule has 0 spiro atoms. The van der Waals surface area contributed by atoms with Crippen molar-refractivity contribution in [3.05, 3.63) is 15.0 Å². The number of rotatable bonds is 2. The highest BCUT2D eigenvalue weighted by atomic mass is 79.9. The Morgan fingerprint density at radius 3 is 2.48 bits per heavy atom. The molecule has 1 N–H and O–H groups in total. The van der Waals surface area contributed by atoms with Crippen LogP contribution in [0.2, 0.25) is 0 Å². The first-order valence-electron chi connectivity index (χ1n) is 5.96. The van der Waals surface area contributed by atoms with Crippen molar-refractivity contribution in [1.29, 1.82) is 0 Å². The van der Waals surface area contributed by atoms with Gasteiger partial charge in [-0.25, -0.2) is 9.37 Å². The quantitative estimate of drug-likeness (QED) is 0.789. The lowest BCUT2D eigenvalue weighted by molar-refractivity contribution is -0.194. The molecule has 1 unspecified atom stereocenters. The molecule has 0 aromatic carbocycles. The summed E-state index contributed by atoms with van der Waals surface area (Å²) in [5.74, 6) is -1.60. The van der Waals surface area contributed by atoms with Crippen LogP contribution < -0.4 is 0 Å². The number of carbonyl (C=O) groups excluding carboxylic acids is 1. The fourth-order valence-electron chi connectivity index (χ4n) is 2.16. The topological polar surface area (TPSA) is 53.4 Å². The molecule has 10 heteroatoms. The molecular formula is C11H11BrF4N2O2S. The number of thiazole rings is 1. The summed E-state index contributed by atoms with van der Waals surface area (Å²) >= 11 is 4.39. The molecule has 0 bridgehead atoms. The second-order valence-corrected chi connectivity index (χ2v) is 6.34. The second kappa shape index (κ2) is 5.81. The minimum absolute atomic E-state index is 0.0319. The first kappa shape index (κ1) is 16.6. The average molecular weight is 391 g/mol. The number of amides is 1. The number of aromatic nitrogens is 1. The zero-order chi connectivity index (χ0) is 15.8. The van der Waals surface area contributed by atoms with E-state index in [4.69, 9.17) is 0 Å². The number of piperidine rings is 1. The maximum atomic E-state index is 13.0. The van der Waals surface area contributed by atoms with Crippen molar-refractivity contribution in [2.24, 2.45) is 0 Å². The summed E-state index contributed by atoms with van der Waals surface area (Å²) in [5, 5.41) is 10.5. The van der Waals surface area contributed by atoms with E-state index in [0.717, 1.165) is 4.90 Å². The summed E-state index contributed by atoms with van der Waals surface area (Å²) in [5.41, 5.74) is 0.261. The highest BCUT2D eigenvalue weighted by Gasteiger charge is 2.49. The lowest BCUT2D eigenvalue weighted by atomic mass is 9.90. The van der Waals surface area contributed by atoms with Crippen LogP contribution in [-0.2, 0) is 10.4 Å². The molecule has 1 saturated heterocycles. The van der Waals surface area contributed by atoms with Crippen molar-refractivity contribution in [3.63, 3.8) is 0 Å². The third kappa shape index (κ3) is 3.37. The summed E-state index contributed by atoms with van der Waals surface area (Å²) in [6.45, 7) is -0.285. The Balaban J connectivity index is 2.04. The Hall–Kier alpha value is -0.740. The number of alkyl halides is 4. The van der Waals surface area contributed by atoms with Gasteiger partial charge in [-0.2, -0.15) is 13.2 Å². The van der Waals surface area contributed by atoms with Gasteiger partial charge in [-0.3, -0.25) is 4.79 Å². The molecule has 1 aliphatic rings. The van der Waals surface area contributed by atoms with E-state index in [1.54, 1.807) is 0 Å². The summed E-state index contributed by atoms with van der Waals surface area (Å²) in [6.07, 6.45) is -8.65. The van der Waals surface area contributed by atoms with Gasteiger partial charge in [0.2, 0.25) is 0 Å². The van der Waals surface area contributed by atoms with Gasteiger partial charge < -0.3 is 10.0 Å². The molecule has 0 radical (unpaired) electrons. The van der Waals surface area contributed by atoms with Crippen LogP contribution in [0, 0.1) is 0 Å². The molecule has 2 rings (SSSR count). The van der Waals surface area contributed by atoms with Gasteiger partial charge in [-0.1, -0.05) is 0 Å². The van der Waals surface area contributed by atoms with Gasteiger partial charge in [-0.05, 0) is 28.8 Å². The van der Waals surface area contributed by atoms with E-state index in [0.29, 0.717) is 9.48 Å². The van der Waals surface area contributed by atoms with Crippen LogP contribution >= 0.6 is 27.3 Å².